The van der Waals surface area contributed by atoms with Crippen molar-refractivity contribution in [1.82, 2.24) is 9.88 Å². The summed E-state index contributed by atoms with van der Waals surface area (Å²) in [6.07, 6.45) is 3.29. The lowest BCUT2D eigenvalue weighted by molar-refractivity contribution is 0.0780. The third-order valence-electron chi connectivity index (χ3n) is 2.69. The van der Waals surface area contributed by atoms with Gasteiger partial charge in [0.15, 0.2) is 0 Å². The molecule has 2 aromatic rings. The molecule has 2 rings (SSSR count). The van der Waals surface area contributed by atoms with Gasteiger partial charge in [0, 0.05) is 26.0 Å². The fourth-order valence-electron chi connectivity index (χ4n) is 1.73. The van der Waals surface area contributed by atoms with E-state index in [-0.39, 0.29) is 10.6 Å². The monoisotopic (exact) mass is 278 g/mol. The van der Waals surface area contributed by atoms with E-state index in [0.717, 1.165) is 5.56 Å². The number of nitrogens with zero attached hydrogens (tertiary/aromatic N) is 2. The molecule has 5 heteroatoms. The van der Waals surface area contributed by atoms with E-state index in [0.29, 0.717) is 6.54 Å². The number of hydrogen-bond acceptors (Lipinski definition) is 2. The van der Waals surface area contributed by atoms with Crippen molar-refractivity contribution in [1.29, 1.82) is 0 Å². The lowest BCUT2D eigenvalue weighted by Gasteiger charge is -2.18. The Kier molecular flexibility index (Phi) is 4.12. The first-order valence-corrected chi connectivity index (χ1v) is 6.06. The van der Waals surface area contributed by atoms with Gasteiger partial charge in [-0.05, 0) is 29.8 Å². The lowest BCUT2D eigenvalue weighted by Crippen LogP contribution is -2.27. The lowest BCUT2D eigenvalue weighted by atomic mass is 10.1. The van der Waals surface area contributed by atoms with E-state index in [4.69, 9.17) is 11.6 Å². The summed E-state index contributed by atoms with van der Waals surface area (Å²) >= 11 is 5.87. The van der Waals surface area contributed by atoms with Crippen molar-refractivity contribution < 1.29 is 9.18 Å². The van der Waals surface area contributed by atoms with Crippen LogP contribution in [-0.2, 0) is 6.54 Å². The summed E-state index contributed by atoms with van der Waals surface area (Å²) in [5.74, 6) is -1.06. The van der Waals surface area contributed by atoms with E-state index >= 15 is 0 Å². The molecule has 98 valence electrons. The molecule has 0 bridgehead atoms. The third-order valence-corrected chi connectivity index (χ3v) is 3.01. The third kappa shape index (κ3) is 3.09. The minimum Gasteiger partial charge on any atom is -0.337 e. The minimum atomic E-state index is -0.612. The molecule has 0 fully saturated rings. The van der Waals surface area contributed by atoms with Crippen molar-refractivity contribution in [3.8, 4) is 0 Å². The molecule has 0 radical (unpaired) electrons. The predicted octanol–water partition coefficient (Wildman–Crippen LogP) is 3.15. The Labute approximate surface area is 115 Å². The number of hydrogen-bond donors (Lipinski definition) is 0. The zero-order valence-electron chi connectivity index (χ0n) is 10.3. The molecule has 0 aliphatic carbocycles. The molecule has 1 aromatic carbocycles. The van der Waals surface area contributed by atoms with Gasteiger partial charge in [0.25, 0.3) is 5.91 Å². The maximum Gasteiger partial charge on any atom is 0.258 e. The molecule has 0 atom stereocenters. The minimum absolute atomic E-state index is 0.0966. The van der Waals surface area contributed by atoms with E-state index in [9.17, 15) is 9.18 Å². The normalized spacial score (nSPS) is 10.3. The average molecular weight is 279 g/mol. The van der Waals surface area contributed by atoms with Crippen LogP contribution in [0.3, 0.4) is 0 Å². The largest absolute Gasteiger partial charge is 0.337 e. The van der Waals surface area contributed by atoms with Crippen molar-refractivity contribution in [2.45, 2.75) is 6.54 Å². The van der Waals surface area contributed by atoms with Crippen LogP contribution in [0, 0.1) is 5.82 Å². The Morgan fingerprint density at radius 2 is 2.00 bits per heavy atom. The second-order valence-corrected chi connectivity index (χ2v) is 4.52. The van der Waals surface area contributed by atoms with Crippen LogP contribution in [0.5, 0.6) is 0 Å². The number of halogens is 2. The molecule has 0 aliphatic heterocycles. The van der Waals surface area contributed by atoms with Crippen molar-refractivity contribution in [2.24, 2.45) is 0 Å². The molecule has 0 aliphatic rings. The zero-order chi connectivity index (χ0) is 13.8. The van der Waals surface area contributed by atoms with Crippen molar-refractivity contribution in [2.75, 3.05) is 7.05 Å². The van der Waals surface area contributed by atoms with Gasteiger partial charge in [-0.1, -0.05) is 17.7 Å². The van der Waals surface area contributed by atoms with Crippen LogP contribution in [-0.4, -0.2) is 22.8 Å². The van der Waals surface area contributed by atoms with Crippen LogP contribution in [0.4, 0.5) is 4.39 Å². The summed E-state index contributed by atoms with van der Waals surface area (Å²) in [5, 5.41) is 0.117. The number of amides is 1. The summed E-state index contributed by atoms with van der Waals surface area (Å²) in [4.78, 5) is 17.5. The molecule has 0 spiro atoms. The summed E-state index contributed by atoms with van der Waals surface area (Å²) in [6, 6.07) is 7.79. The Balaban J connectivity index is 2.20. The van der Waals surface area contributed by atoms with E-state index in [1.807, 2.05) is 0 Å². The second kappa shape index (κ2) is 5.80. The van der Waals surface area contributed by atoms with Crippen molar-refractivity contribution >= 4 is 17.5 Å². The Bertz CT molecular complexity index is 569. The maximum absolute atomic E-state index is 13.7. The van der Waals surface area contributed by atoms with Crippen LogP contribution < -0.4 is 0 Å². The van der Waals surface area contributed by atoms with Gasteiger partial charge < -0.3 is 4.90 Å². The molecule has 0 unspecified atom stereocenters. The van der Waals surface area contributed by atoms with Crippen LogP contribution in [0.1, 0.15) is 15.9 Å². The number of aromatic nitrogens is 1. The number of rotatable bonds is 3. The SMILES string of the molecule is CN(Cc1ccncc1)C(=O)c1c(F)cccc1Cl. The highest BCUT2D eigenvalue weighted by atomic mass is 35.5. The molecular weight excluding hydrogens is 267 g/mol. The molecule has 1 amide bonds. The first-order chi connectivity index (χ1) is 9.09. The van der Waals surface area contributed by atoms with Gasteiger partial charge in [0.05, 0.1) is 10.6 Å². The standard InChI is InChI=1S/C14H12ClFN2O/c1-18(9-10-5-7-17-8-6-10)14(19)13-11(15)3-2-4-12(13)16/h2-8H,9H2,1H3. The van der Waals surface area contributed by atoms with Gasteiger partial charge in [0.1, 0.15) is 5.82 Å². The van der Waals surface area contributed by atoms with Crippen LogP contribution in [0.2, 0.25) is 5.02 Å². The maximum atomic E-state index is 13.7. The summed E-state index contributed by atoms with van der Waals surface area (Å²) < 4.78 is 13.7. The number of carbonyl (C=O) groups is 1. The topological polar surface area (TPSA) is 33.2 Å². The Morgan fingerprint density at radius 3 is 2.63 bits per heavy atom. The molecule has 19 heavy (non-hydrogen) atoms. The van der Waals surface area contributed by atoms with Crippen molar-refractivity contribution in [3.05, 3.63) is 64.7 Å². The summed E-state index contributed by atoms with van der Waals surface area (Å²) in [5.41, 5.74) is 0.819. The average Bonchev–Trinajstić information content (AvgIpc) is 2.39. The van der Waals surface area contributed by atoms with Crippen LogP contribution in [0.15, 0.2) is 42.7 Å². The molecule has 1 aromatic heterocycles. The van der Waals surface area contributed by atoms with Gasteiger partial charge in [-0.3, -0.25) is 9.78 Å². The quantitative estimate of drug-likeness (QED) is 0.864. The van der Waals surface area contributed by atoms with Gasteiger partial charge >= 0.3 is 0 Å². The van der Waals surface area contributed by atoms with Gasteiger partial charge in [0.2, 0.25) is 0 Å². The van der Waals surface area contributed by atoms with Gasteiger partial charge in [-0.25, -0.2) is 4.39 Å². The van der Waals surface area contributed by atoms with E-state index in [1.165, 1.54) is 23.1 Å². The first-order valence-electron chi connectivity index (χ1n) is 5.68. The van der Waals surface area contributed by atoms with E-state index in [2.05, 4.69) is 4.98 Å². The molecule has 0 saturated carbocycles. The van der Waals surface area contributed by atoms with Gasteiger partial charge in [-0.2, -0.15) is 0 Å². The van der Waals surface area contributed by atoms with Crippen LogP contribution in [0.25, 0.3) is 0 Å². The fourth-order valence-corrected chi connectivity index (χ4v) is 1.97. The Hall–Kier alpha value is -1.94. The van der Waals surface area contributed by atoms with Crippen molar-refractivity contribution in [3.63, 3.8) is 0 Å². The van der Waals surface area contributed by atoms with E-state index in [1.54, 1.807) is 31.6 Å². The second-order valence-electron chi connectivity index (χ2n) is 4.11. The van der Waals surface area contributed by atoms with Crippen LogP contribution >= 0.6 is 11.6 Å². The number of pyridine rings is 1. The molecule has 0 N–H and O–H groups in total. The van der Waals surface area contributed by atoms with E-state index < -0.39 is 11.7 Å². The molecule has 3 nitrogen and oxygen atoms in total. The number of benzene rings is 1. The smallest absolute Gasteiger partial charge is 0.258 e. The summed E-state index contributed by atoms with van der Waals surface area (Å²) in [7, 11) is 1.60. The zero-order valence-corrected chi connectivity index (χ0v) is 11.1. The predicted molar refractivity (Wildman–Crippen MR) is 71.4 cm³/mol. The van der Waals surface area contributed by atoms with Gasteiger partial charge in [-0.15, -0.1) is 0 Å². The molecule has 0 saturated heterocycles. The Morgan fingerprint density at radius 1 is 1.32 bits per heavy atom. The fraction of sp³-hybridized carbons (Fsp3) is 0.143. The molecule has 1 heterocycles. The highest BCUT2D eigenvalue weighted by Crippen LogP contribution is 2.21. The molecular formula is C14H12ClFN2O. The number of carbonyl (C=O) groups excluding carboxylic acids is 1. The summed E-state index contributed by atoms with van der Waals surface area (Å²) in [6.45, 7) is 0.367. The highest BCUT2D eigenvalue weighted by molar-refractivity contribution is 6.33. The first kappa shape index (κ1) is 13.5. The highest BCUT2D eigenvalue weighted by Gasteiger charge is 2.19.